The van der Waals surface area contributed by atoms with Gasteiger partial charge in [-0.05, 0) is 37.5 Å². The molecular formula is C19H24FN5O3. The average Bonchev–Trinajstić information content (AvgIpc) is 3.00. The van der Waals surface area contributed by atoms with Gasteiger partial charge in [-0.1, -0.05) is 0 Å². The SMILES string of the molecule is CC(=O)NCC1CN(c2ccc(N3C=NN(C4CCC4)CC3)c(F)c2)C(=O)O1. The molecule has 1 N–H and O–H groups in total. The molecule has 0 radical (unpaired) electrons. The molecule has 2 fully saturated rings. The lowest BCUT2D eigenvalue weighted by Crippen LogP contribution is -2.45. The second-order valence-corrected chi connectivity index (χ2v) is 7.36. The van der Waals surface area contributed by atoms with Gasteiger partial charge in [-0.15, -0.1) is 0 Å². The van der Waals surface area contributed by atoms with Crippen molar-refractivity contribution in [3.63, 3.8) is 0 Å². The van der Waals surface area contributed by atoms with Gasteiger partial charge in [0.25, 0.3) is 0 Å². The maximum Gasteiger partial charge on any atom is 0.414 e. The number of halogens is 1. The minimum absolute atomic E-state index is 0.191. The Hall–Kier alpha value is -2.84. The summed E-state index contributed by atoms with van der Waals surface area (Å²) < 4.78 is 20.0. The molecule has 1 unspecified atom stereocenters. The third-order valence-electron chi connectivity index (χ3n) is 5.41. The first-order chi connectivity index (χ1) is 13.5. The van der Waals surface area contributed by atoms with Crippen molar-refractivity contribution in [3.05, 3.63) is 24.0 Å². The van der Waals surface area contributed by atoms with Crippen LogP contribution in [0.5, 0.6) is 0 Å². The minimum atomic E-state index is -0.543. The fraction of sp³-hybridized carbons (Fsp3) is 0.526. The zero-order valence-electron chi connectivity index (χ0n) is 15.8. The molecule has 0 aromatic heterocycles. The highest BCUT2D eigenvalue weighted by atomic mass is 19.1. The summed E-state index contributed by atoms with van der Waals surface area (Å²) in [5.74, 6) is -0.608. The molecule has 1 saturated heterocycles. The van der Waals surface area contributed by atoms with Crippen molar-refractivity contribution < 1.29 is 18.7 Å². The number of carbonyl (C=O) groups excluding carboxylic acids is 2. The smallest absolute Gasteiger partial charge is 0.414 e. The summed E-state index contributed by atoms with van der Waals surface area (Å²) in [7, 11) is 0. The van der Waals surface area contributed by atoms with Crippen molar-refractivity contribution in [2.24, 2.45) is 5.10 Å². The standard InChI is InChI=1S/C19H24FN5O3/c1-13(26)21-10-16-11-24(19(27)28-16)15-5-6-18(17(20)9-15)23-7-8-25(22-12-23)14-3-2-4-14/h5-6,9,12,14,16H,2-4,7-8,10-11H2,1H3,(H,21,26). The lowest BCUT2D eigenvalue weighted by molar-refractivity contribution is -0.119. The molecule has 1 aromatic rings. The van der Waals surface area contributed by atoms with E-state index in [1.54, 1.807) is 23.4 Å². The highest BCUT2D eigenvalue weighted by Gasteiger charge is 2.33. The summed E-state index contributed by atoms with van der Waals surface area (Å²) in [6.07, 6.45) is 4.28. The van der Waals surface area contributed by atoms with Crippen molar-refractivity contribution in [1.82, 2.24) is 10.3 Å². The highest BCUT2D eigenvalue weighted by molar-refractivity contribution is 5.90. The Morgan fingerprint density at radius 1 is 1.36 bits per heavy atom. The molecule has 1 aromatic carbocycles. The third kappa shape index (κ3) is 3.74. The molecule has 2 heterocycles. The van der Waals surface area contributed by atoms with E-state index in [1.807, 2.05) is 0 Å². The number of benzene rings is 1. The van der Waals surface area contributed by atoms with Crippen LogP contribution in [0, 0.1) is 5.82 Å². The number of hydrazone groups is 1. The molecule has 2 amide bonds. The van der Waals surface area contributed by atoms with Crippen LogP contribution in [-0.2, 0) is 9.53 Å². The van der Waals surface area contributed by atoms with Crippen LogP contribution in [0.15, 0.2) is 23.3 Å². The first-order valence-corrected chi connectivity index (χ1v) is 9.61. The molecule has 1 atom stereocenters. The molecule has 8 nitrogen and oxygen atoms in total. The summed E-state index contributed by atoms with van der Waals surface area (Å²) in [4.78, 5) is 26.3. The number of ether oxygens (including phenoxy) is 1. The molecule has 4 rings (SSSR count). The van der Waals surface area contributed by atoms with Gasteiger partial charge >= 0.3 is 6.09 Å². The second kappa shape index (κ2) is 7.65. The van der Waals surface area contributed by atoms with Gasteiger partial charge in [-0.3, -0.25) is 14.7 Å². The molecule has 150 valence electrons. The number of nitrogens with zero attached hydrogens (tertiary/aromatic N) is 4. The number of rotatable bonds is 5. The summed E-state index contributed by atoms with van der Waals surface area (Å²) in [5, 5.41) is 9.16. The monoisotopic (exact) mass is 389 g/mol. The summed E-state index contributed by atoms with van der Waals surface area (Å²) >= 11 is 0. The van der Waals surface area contributed by atoms with E-state index in [4.69, 9.17) is 4.74 Å². The number of hydrogen-bond donors (Lipinski definition) is 1. The highest BCUT2D eigenvalue weighted by Crippen LogP contribution is 2.30. The van der Waals surface area contributed by atoms with Crippen LogP contribution < -0.4 is 15.1 Å². The summed E-state index contributed by atoms with van der Waals surface area (Å²) in [6.45, 7) is 3.34. The molecule has 2 aliphatic heterocycles. The Labute approximate surface area is 162 Å². The number of cyclic esters (lactones) is 1. The number of hydrogen-bond acceptors (Lipinski definition) is 6. The Balaban J connectivity index is 1.42. The van der Waals surface area contributed by atoms with Gasteiger partial charge in [-0.2, -0.15) is 5.10 Å². The van der Waals surface area contributed by atoms with Crippen molar-refractivity contribution in [2.45, 2.75) is 38.3 Å². The molecule has 3 aliphatic rings. The summed E-state index contributed by atoms with van der Waals surface area (Å²) in [5.41, 5.74) is 0.865. The van der Waals surface area contributed by atoms with Gasteiger partial charge < -0.3 is 15.0 Å². The van der Waals surface area contributed by atoms with E-state index in [-0.39, 0.29) is 19.0 Å². The molecule has 0 bridgehead atoms. The average molecular weight is 389 g/mol. The lowest BCUT2D eigenvalue weighted by Gasteiger charge is -2.39. The molecule has 1 saturated carbocycles. The van der Waals surface area contributed by atoms with Crippen molar-refractivity contribution in [3.8, 4) is 0 Å². The Bertz CT molecular complexity index is 798. The van der Waals surface area contributed by atoms with Gasteiger partial charge in [0.15, 0.2) is 0 Å². The van der Waals surface area contributed by atoms with E-state index in [0.29, 0.717) is 24.0 Å². The van der Waals surface area contributed by atoms with Crippen LogP contribution >= 0.6 is 0 Å². The number of nitrogens with one attached hydrogen (secondary N) is 1. The summed E-state index contributed by atoms with van der Waals surface area (Å²) in [6, 6.07) is 5.22. The zero-order chi connectivity index (χ0) is 19.7. The Kier molecular flexibility index (Phi) is 5.06. The van der Waals surface area contributed by atoms with E-state index in [0.717, 1.165) is 6.54 Å². The predicted molar refractivity (Wildman–Crippen MR) is 103 cm³/mol. The predicted octanol–water partition coefficient (Wildman–Crippen LogP) is 1.90. The third-order valence-corrected chi connectivity index (χ3v) is 5.41. The lowest BCUT2D eigenvalue weighted by atomic mass is 9.92. The van der Waals surface area contributed by atoms with Crippen LogP contribution in [0.2, 0.25) is 0 Å². The Morgan fingerprint density at radius 3 is 2.79 bits per heavy atom. The maximum atomic E-state index is 14.7. The van der Waals surface area contributed by atoms with Crippen LogP contribution in [0.25, 0.3) is 0 Å². The van der Waals surface area contributed by atoms with Crippen LogP contribution in [0.3, 0.4) is 0 Å². The Morgan fingerprint density at radius 2 is 2.18 bits per heavy atom. The molecule has 9 heteroatoms. The normalized spacial score (nSPS) is 22.3. The van der Waals surface area contributed by atoms with E-state index >= 15 is 0 Å². The van der Waals surface area contributed by atoms with Gasteiger partial charge in [0, 0.05) is 19.5 Å². The van der Waals surface area contributed by atoms with Crippen molar-refractivity contribution >= 4 is 29.7 Å². The van der Waals surface area contributed by atoms with E-state index in [1.165, 1.54) is 37.2 Å². The quantitative estimate of drug-likeness (QED) is 0.832. The van der Waals surface area contributed by atoms with E-state index in [9.17, 15) is 14.0 Å². The number of amides is 2. The topological polar surface area (TPSA) is 77.5 Å². The van der Waals surface area contributed by atoms with Crippen molar-refractivity contribution in [2.75, 3.05) is 36.0 Å². The minimum Gasteiger partial charge on any atom is -0.442 e. The van der Waals surface area contributed by atoms with Gasteiger partial charge in [0.1, 0.15) is 18.3 Å². The second-order valence-electron chi connectivity index (χ2n) is 7.36. The molecule has 0 spiro atoms. The fourth-order valence-corrected chi connectivity index (χ4v) is 3.59. The number of carbonyl (C=O) groups is 2. The first-order valence-electron chi connectivity index (χ1n) is 9.61. The van der Waals surface area contributed by atoms with E-state index < -0.39 is 18.0 Å². The van der Waals surface area contributed by atoms with E-state index in [2.05, 4.69) is 15.4 Å². The van der Waals surface area contributed by atoms with Crippen molar-refractivity contribution in [1.29, 1.82) is 0 Å². The maximum absolute atomic E-state index is 14.7. The fourth-order valence-electron chi connectivity index (χ4n) is 3.59. The largest absolute Gasteiger partial charge is 0.442 e. The molecule has 1 aliphatic carbocycles. The first kappa shape index (κ1) is 18.5. The van der Waals surface area contributed by atoms with Crippen LogP contribution in [0.1, 0.15) is 26.2 Å². The van der Waals surface area contributed by atoms with Gasteiger partial charge in [-0.25, -0.2) is 9.18 Å². The number of anilines is 2. The van der Waals surface area contributed by atoms with Gasteiger partial charge in [0.2, 0.25) is 5.91 Å². The van der Waals surface area contributed by atoms with Crippen LogP contribution in [0.4, 0.5) is 20.6 Å². The molecular weight excluding hydrogens is 365 g/mol. The molecule has 28 heavy (non-hydrogen) atoms. The zero-order valence-corrected chi connectivity index (χ0v) is 15.8. The van der Waals surface area contributed by atoms with Crippen LogP contribution in [-0.4, -0.2) is 61.7 Å². The van der Waals surface area contributed by atoms with Gasteiger partial charge in [0.05, 0.1) is 31.0 Å².